The summed E-state index contributed by atoms with van der Waals surface area (Å²) < 4.78 is 57.1. The van der Waals surface area contributed by atoms with Crippen LogP contribution >= 0.6 is 15.2 Å². The van der Waals surface area contributed by atoms with Gasteiger partial charge in [0.15, 0.2) is 0 Å². The van der Waals surface area contributed by atoms with Crippen LogP contribution in [0, 0.1) is 0 Å². The van der Waals surface area contributed by atoms with Gasteiger partial charge < -0.3 is 18.1 Å². The molecule has 0 saturated heterocycles. The molecule has 0 radical (unpaired) electrons. The summed E-state index contributed by atoms with van der Waals surface area (Å²) in [5, 5.41) is 3.79. The van der Waals surface area contributed by atoms with Crippen molar-refractivity contribution in [2.24, 2.45) is 0 Å². The SMILES string of the molecule is O=P(Oc1ccccc1)(Oc1ccccc1)c1ccc2ccccc2c1-c1c(P(=O)(Oc2ccccc2)Oc2ccccc2)ccc2ccccc12. The van der Waals surface area contributed by atoms with Crippen LogP contribution in [0.4, 0.5) is 0 Å². The van der Waals surface area contributed by atoms with Crippen molar-refractivity contribution in [2.75, 3.05) is 0 Å². The second-order valence-electron chi connectivity index (χ2n) is 12.0. The highest BCUT2D eigenvalue weighted by atomic mass is 31.2. The molecule has 8 rings (SSSR count). The monoisotopic (exact) mass is 718 g/mol. The summed E-state index contributed by atoms with van der Waals surface area (Å²) in [6.07, 6.45) is 0. The first kappa shape index (κ1) is 33.1. The van der Waals surface area contributed by atoms with Gasteiger partial charge >= 0.3 is 15.2 Å². The maximum absolute atomic E-state index is 15.7. The van der Waals surface area contributed by atoms with E-state index in [2.05, 4.69) is 0 Å². The minimum atomic E-state index is -4.28. The van der Waals surface area contributed by atoms with Crippen molar-refractivity contribution in [3.63, 3.8) is 0 Å². The van der Waals surface area contributed by atoms with Gasteiger partial charge in [-0.2, -0.15) is 0 Å². The molecule has 8 heteroatoms. The van der Waals surface area contributed by atoms with Crippen LogP contribution in [0.3, 0.4) is 0 Å². The van der Waals surface area contributed by atoms with Crippen molar-refractivity contribution in [3.05, 3.63) is 194 Å². The van der Waals surface area contributed by atoms with Crippen LogP contribution in [0.25, 0.3) is 32.7 Å². The summed E-state index contributed by atoms with van der Waals surface area (Å²) in [6, 6.07) is 58.7. The van der Waals surface area contributed by atoms with E-state index in [4.69, 9.17) is 18.1 Å². The fourth-order valence-electron chi connectivity index (χ4n) is 6.22. The van der Waals surface area contributed by atoms with E-state index in [1.165, 1.54) is 0 Å². The number of rotatable bonds is 11. The number of para-hydroxylation sites is 4. The minimum Gasteiger partial charge on any atom is -0.413 e. The highest BCUT2D eigenvalue weighted by Gasteiger charge is 2.40. The average molecular weight is 719 g/mol. The third kappa shape index (κ3) is 6.70. The Kier molecular flexibility index (Phi) is 9.09. The molecular weight excluding hydrogens is 686 g/mol. The maximum atomic E-state index is 15.7. The minimum absolute atomic E-state index is 0.280. The van der Waals surface area contributed by atoms with Gasteiger partial charge in [-0.15, -0.1) is 0 Å². The van der Waals surface area contributed by atoms with E-state index in [9.17, 15) is 0 Å². The van der Waals surface area contributed by atoms with Crippen molar-refractivity contribution in [2.45, 2.75) is 0 Å². The molecule has 0 atom stereocenters. The van der Waals surface area contributed by atoms with E-state index in [0.717, 1.165) is 21.5 Å². The standard InChI is InChI=1S/C44H32O6P2/c45-51(47-35-19-5-1-6-20-35,48-36-21-7-2-8-22-36)41-31-29-33-17-13-15-27-39(33)43(41)44-40-28-16-14-18-34(40)30-32-42(44)52(46,49-37-23-9-3-10-24-37)50-38-25-11-4-12-26-38/h1-32H. The summed E-state index contributed by atoms with van der Waals surface area (Å²) in [5.74, 6) is 1.46. The Bertz CT molecular complexity index is 2310. The van der Waals surface area contributed by atoms with Gasteiger partial charge in [0.05, 0.1) is 10.6 Å². The Morgan fingerprint density at radius 1 is 0.288 bits per heavy atom. The largest absolute Gasteiger partial charge is 0.463 e. The van der Waals surface area contributed by atoms with Crippen LogP contribution in [0.5, 0.6) is 23.0 Å². The van der Waals surface area contributed by atoms with E-state index in [-0.39, 0.29) is 10.6 Å². The van der Waals surface area contributed by atoms with Gasteiger partial charge in [-0.3, -0.25) is 0 Å². The molecule has 0 N–H and O–H groups in total. The van der Waals surface area contributed by atoms with Crippen LogP contribution in [0.2, 0.25) is 0 Å². The summed E-state index contributed by atoms with van der Waals surface area (Å²) in [6.45, 7) is 0. The lowest BCUT2D eigenvalue weighted by Gasteiger charge is -2.27. The van der Waals surface area contributed by atoms with Gasteiger partial charge in [-0.1, -0.05) is 133 Å². The molecule has 0 spiro atoms. The molecule has 0 fully saturated rings. The molecule has 6 nitrogen and oxygen atoms in total. The fraction of sp³-hybridized carbons (Fsp3) is 0. The zero-order valence-corrected chi connectivity index (χ0v) is 29.6. The first-order valence-electron chi connectivity index (χ1n) is 16.7. The Labute approximate surface area is 301 Å². The Balaban J connectivity index is 1.46. The fourth-order valence-corrected chi connectivity index (χ4v) is 9.81. The lowest BCUT2D eigenvalue weighted by atomic mass is 9.94. The highest BCUT2D eigenvalue weighted by Crippen LogP contribution is 2.55. The van der Waals surface area contributed by atoms with Crippen LogP contribution in [0.1, 0.15) is 0 Å². The second kappa shape index (κ2) is 14.3. The smallest absolute Gasteiger partial charge is 0.413 e. The first-order valence-corrected chi connectivity index (χ1v) is 19.8. The summed E-state index contributed by atoms with van der Waals surface area (Å²) in [7, 11) is -8.55. The predicted octanol–water partition coefficient (Wildman–Crippen LogP) is 11.6. The number of fused-ring (bicyclic) bond motifs is 2. The van der Waals surface area contributed by atoms with Crippen LogP contribution in [0.15, 0.2) is 194 Å². The van der Waals surface area contributed by atoms with E-state index < -0.39 is 15.2 Å². The van der Waals surface area contributed by atoms with Crippen molar-refractivity contribution in [1.29, 1.82) is 0 Å². The zero-order chi connectivity index (χ0) is 35.4. The van der Waals surface area contributed by atoms with Gasteiger partial charge in [0.1, 0.15) is 23.0 Å². The number of hydrogen-bond donors (Lipinski definition) is 0. The highest BCUT2D eigenvalue weighted by molar-refractivity contribution is 7.64. The topological polar surface area (TPSA) is 71.1 Å². The molecule has 0 aromatic heterocycles. The molecule has 0 aliphatic heterocycles. The molecule has 0 unspecified atom stereocenters. The quantitative estimate of drug-likeness (QED) is 0.124. The molecule has 8 aromatic carbocycles. The van der Waals surface area contributed by atoms with E-state index in [1.807, 2.05) is 133 Å². The maximum Gasteiger partial charge on any atom is 0.463 e. The molecule has 8 aromatic rings. The van der Waals surface area contributed by atoms with Gasteiger partial charge in [0.2, 0.25) is 0 Å². The van der Waals surface area contributed by atoms with Crippen LogP contribution in [-0.2, 0) is 9.13 Å². The zero-order valence-electron chi connectivity index (χ0n) is 27.8. The first-order chi connectivity index (χ1) is 25.5. The Morgan fingerprint density at radius 3 is 0.865 bits per heavy atom. The summed E-state index contributed by atoms with van der Waals surface area (Å²) >= 11 is 0. The summed E-state index contributed by atoms with van der Waals surface area (Å²) in [5.41, 5.74) is 1.04. The van der Waals surface area contributed by atoms with Gasteiger partial charge in [0, 0.05) is 11.1 Å². The van der Waals surface area contributed by atoms with Gasteiger partial charge in [-0.25, -0.2) is 9.13 Å². The average Bonchev–Trinajstić information content (AvgIpc) is 3.18. The molecular formula is C44H32O6P2. The molecule has 0 aliphatic carbocycles. The molecule has 0 bridgehead atoms. The molecule has 0 saturated carbocycles. The van der Waals surface area contributed by atoms with Gasteiger partial charge in [0.25, 0.3) is 0 Å². The predicted molar refractivity (Wildman–Crippen MR) is 210 cm³/mol. The lowest BCUT2D eigenvalue weighted by molar-refractivity contribution is 0.397. The summed E-state index contributed by atoms with van der Waals surface area (Å²) in [4.78, 5) is 0. The van der Waals surface area contributed by atoms with Crippen molar-refractivity contribution < 1.29 is 27.2 Å². The molecule has 52 heavy (non-hydrogen) atoms. The van der Waals surface area contributed by atoms with E-state index >= 15 is 9.13 Å². The molecule has 254 valence electrons. The Morgan fingerprint density at radius 2 is 0.558 bits per heavy atom. The molecule has 0 amide bonds. The van der Waals surface area contributed by atoms with Gasteiger partial charge in [-0.05, 0) is 82.2 Å². The van der Waals surface area contributed by atoms with Crippen LogP contribution < -0.4 is 28.7 Å². The van der Waals surface area contributed by atoms with Crippen molar-refractivity contribution in [3.8, 4) is 34.1 Å². The van der Waals surface area contributed by atoms with E-state index in [1.54, 1.807) is 60.7 Å². The van der Waals surface area contributed by atoms with Crippen molar-refractivity contribution >= 4 is 47.3 Å². The van der Waals surface area contributed by atoms with Crippen LogP contribution in [-0.4, -0.2) is 0 Å². The third-order valence-electron chi connectivity index (χ3n) is 8.53. The lowest BCUT2D eigenvalue weighted by Crippen LogP contribution is -2.23. The third-order valence-corrected chi connectivity index (χ3v) is 12.3. The Hall–Kier alpha value is -6.06. The number of benzene rings is 8. The molecule has 0 aliphatic rings. The van der Waals surface area contributed by atoms with E-state index in [0.29, 0.717) is 34.1 Å². The van der Waals surface area contributed by atoms with Crippen molar-refractivity contribution in [1.82, 2.24) is 0 Å². The second-order valence-corrected chi connectivity index (χ2v) is 15.7. The number of hydrogen-bond acceptors (Lipinski definition) is 6. The molecule has 0 heterocycles. The normalized spacial score (nSPS) is 11.6.